The van der Waals surface area contributed by atoms with Crippen LogP contribution in [0.15, 0.2) is 29.4 Å². The molecule has 9 heteroatoms. The Morgan fingerprint density at radius 1 is 1.26 bits per heavy atom. The maximum Gasteiger partial charge on any atom is 0.236 e. The van der Waals surface area contributed by atoms with Gasteiger partial charge in [-0.1, -0.05) is 11.8 Å². The maximum absolute atomic E-state index is 12.2. The summed E-state index contributed by atoms with van der Waals surface area (Å²) in [6.45, 7) is 6.66. The van der Waals surface area contributed by atoms with Crippen molar-refractivity contribution >= 4 is 34.1 Å². The Kier molecular flexibility index (Phi) is 6.12. The first-order valence-corrected chi connectivity index (χ1v) is 10.3. The van der Waals surface area contributed by atoms with E-state index in [9.17, 15) is 4.79 Å². The molecule has 0 saturated carbocycles. The fourth-order valence-electron chi connectivity index (χ4n) is 2.45. The van der Waals surface area contributed by atoms with Crippen molar-refractivity contribution in [3.05, 3.63) is 34.8 Å². The molecule has 0 bridgehead atoms. The van der Waals surface area contributed by atoms with Crippen LogP contribution in [0.1, 0.15) is 17.5 Å². The zero-order valence-electron chi connectivity index (χ0n) is 15.6. The van der Waals surface area contributed by atoms with Gasteiger partial charge in [0.05, 0.1) is 18.6 Å². The van der Waals surface area contributed by atoms with Gasteiger partial charge in [0.2, 0.25) is 5.91 Å². The number of carbonyl (C=O) groups excluding carboxylic acids is 1. The summed E-state index contributed by atoms with van der Waals surface area (Å²) < 4.78 is 7.19. The topological polar surface area (TPSA) is 81.9 Å². The molecule has 0 saturated heterocycles. The molecule has 27 heavy (non-hydrogen) atoms. The highest BCUT2D eigenvalue weighted by atomic mass is 32.2. The van der Waals surface area contributed by atoms with Gasteiger partial charge in [-0.15, -0.1) is 21.5 Å². The van der Waals surface area contributed by atoms with E-state index in [0.29, 0.717) is 16.8 Å². The van der Waals surface area contributed by atoms with Crippen LogP contribution in [0.2, 0.25) is 0 Å². The van der Waals surface area contributed by atoms with E-state index in [0.717, 1.165) is 27.7 Å². The molecule has 0 aliphatic carbocycles. The average molecular weight is 404 g/mol. The molecule has 0 radical (unpaired) electrons. The first kappa shape index (κ1) is 19.4. The van der Waals surface area contributed by atoms with Crippen molar-refractivity contribution in [3.8, 4) is 17.1 Å². The van der Waals surface area contributed by atoms with E-state index in [1.807, 2.05) is 49.6 Å². The molecule has 3 aromatic rings. The first-order valence-electron chi connectivity index (χ1n) is 8.46. The van der Waals surface area contributed by atoms with E-state index in [1.165, 1.54) is 23.1 Å². The molecule has 0 fully saturated rings. The lowest BCUT2D eigenvalue weighted by atomic mass is 10.2. The van der Waals surface area contributed by atoms with E-state index < -0.39 is 0 Å². The highest BCUT2D eigenvalue weighted by Crippen LogP contribution is 2.26. The average Bonchev–Trinajstić information content (AvgIpc) is 3.22. The van der Waals surface area contributed by atoms with Gasteiger partial charge >= 0.3 is 0 Å². The second-order valence-corrected chi connectivity index (χ2v) is 7.92. The van der Waals surface area contributed by atoms with E-state index >= 15 is 0 Å². The number of benzene rings is 1. The zero-order chi connectivity index (χ0) is 19.4. The number of amides is 1. The van der Waals surface area contributed by atoms with Gasteiger partial charge in [0.1, 0.15) is 5.75 Å². The highest BCUT2D eigenvalue weighted by molar-refractivity contribution is 7.99. The molecule has 142 valence electrons. The van der Waals surface area contributed by atoms with Gasteiger partial charge in [0.15, 0.2) is 16.1 Å². The molecule has 1 N–H and O–H groups in total. The second kappa shape index (κ2) is 8.53. The molecule has 2 heterocycles. The molecule has 0 aliphatic heterocycles. The number of aryl methyl sites for hydroxylation is 2. The number of hydrogen-bond acceptors (Lipinski definition) is 7. The predicted octanol–water partition coefficient (Wildman–Crippen LogP) is 3.78. The van der Waals surface area contributed by atoms with Crippen LogP contribution in [-0.4, -0.2) is 38.5 Å². The largest absolute Gasteiger partial charge is 0.497 e. The molecule has 7 nitrogen and oxygen atoms in total. The molecular formula is C18H21N5O2S2. The van der Waals surface area contributed by atoms with Crippen LogP contribution in [0.25, 0.3) is 11.4 Å². The summed E-state index contributed by atoms with van der Waals surface area (Å²) in [7, 11) is 1.64. The summed E-state index contributed by atoms with van der Waals surface area (Å²) >= 11 is 2.84. The zero-order valence-corrected chi connectivity index (χ0v) is 17.3. The third-order valence-corrected chi connectivity index (χ3v) is 5.94. The number of thiazole rings is 1. The lowest BCUT2D eigenvalue weighted by molar-refractivity contribution is -0.113. The molecule has 1 amide bonds. The van der Waals surface area contributed by atoms with Gasteiger partial charge in [-0.25, -0.2) is 4.98 Å². The normalized spacial score (nSPS) is 10.8. The van der Waals surface area contributed by atoms with Crippen LogP contribution in [-0.2, 0) is 11.3 Å². The number of hydrogen-bond donors (Lipinski definition) is 1. The third kappa shape index (κ3) is 4.48. The van der Waals surface area contributed by atoms with Crippen LogP contribution >= 0.6 is 23.1 Å². The summed E-state index contributed by atoms with van der Waals surface area (Å²) in [5.41, 5.74) is 1.90. The smallest absolute Gasteiger partial charge is 0.236 e. The molecular weight excluding hydrogens is 382 g/mol. The van der Waals surface area contributed by atoms with E-state index in [4.69, 9.17) is 4.74 Å². The van der Waals surface area contributed by atoms with Gasteiger partial charge in [-0.05, 0) is 45.0 Å². The van der Waals surface area contributed by atoms with E-state index in [2.05, 4.69) is 20.5 Å². The molecule has 0 atom stereocenters. The lowest BCUT2D eigenvalue weighted by Gasteiger charge is -2.08. The minimum atomic E-state index is -0.106. The quantitative estimate of drug-likeness (QED) is 0.605. The number of nitrogens with zero attached hydrogens (tertiary/aromatic N) is 4. The summed E-state index contributed by atoms with van der Waals surface area (Å²) in [4.78, 5) is 17.7. The van der Waals surface area contributed by atoms with Crippen LogP contribution < -0.4 is 10.1 Å². The predicted molar refractivity (Wildman–Crippen MR) is 109 cm³/mol. The number of thioether (sulfide) groups is 1. The molecule has 0 spiro atoms. The van der Waals surface area contributed by atoms with Crippen molar-refractivity contribution < 1.29 is 9.53 Å². The number of nitrogens with one attached hydrogen (secondary N) is 1. The first-order chi connectivity index (χ1) is 13.0. The Morgan fingerprint density at radius 3 is 2.59 bits per heavy atom. The Labute approximate surface area is 166 Å². The number of aromatic nitrogens is 4. The van der Waals surface area contributed by atoms with Gasteiger partial charge in [0, 0.05) is 17.0 Å². The van der Waals surface area contributed by atoms with E-state index in [-0.39, 0.29) is 11.7 Å². The molecule has 2 aromatic heterocycles. The third-order valence-electron chi connectivity index (χ3n) is 3.99. The Balaban J connectivity index is 1.68. The molecule has 1 aromatic carbocycles. The summed E-state index contributed by atoms with van der Waals surface area (Å²) in [5, 5.41) is 12.7. The van der Waals surface area contributed by atoms with Crippen molar-refractivity contribution in [2.45, 2.75) is 32.5 Å². The summed E-state index contributed by atoms with van der Waals surface area (Å²) in [5.74, 6) is 1.71. The van der Waals surface area contributed by atoms with Gasteiger partial charge in [-0.3, -0.25) is 4.79 Å². The molecule has 0 unspecified atom stereocenters. The Hall–Kier alpha value is -2.39. The minimum Gasteiger partial charge on any atom is -0.497 e. The second-order valence-electron chi connectivity index (χ2n) is 5.78. The number of carbonyl (C=O) groups is 1. The van der Waals surface area contributed by atoms with Crippen LogP contribution in [0.4, 0.5) is 5.13 Å². The monoisotopic (exact) mass is 403 g/mol. The highest BCUT2D eigenvalue weighted by Gasteiger charge is 2.15. The number of anilines is 1. The van der Waals surface area contributed by atoms with Crippen molar-refractivity contribution in [2.75, 3.05) is 18.2 Å². The van der Waals surface area contributed by atoms with Crippen molar-refractivity contribution in [2.24, 2.45) is 0 Å². The fourth-order valence-corrected chi connectivity index (χ4v) is 4.08. The SMILES string of the molecule is CCn1c(SCC(=O)Nc2nc(C)c(C)s2)nnc1-c1ccc(OC)cc1. The molecule has 0 aliphatic rings. The minimum absolute atomic E-state index is 0.106. The number of methoxy groups -OCH3 is 1. The summed E-state index contributed by atoms with van der Waals surface area (Å²) in [6.07, 6.45) is 0. The maximum atomic E-state index is 12.2. The van der Waals surface area contributed by atoms with Crippen LogP contribution in [0, 0.1) is 13.8 Å². The Bertz CT molecular complexity index is 914. The van der Waals surface area contributed by atoms with Gasteiger partial charge in [-0.2, -0.15) is 0 Å². The number of ether oxygens (including phenoxy) is 1. The van der Waals surface area contributed by atoms with E-state index in [1.54, 1.807) is 7.11 Å². The molecule has 3 rings (SSSR count). The van der Waals surface area contributed by atoms with Gasteiger partial charge in [0.25, 0.3) is 0 Å². The van der Waals surface area contributed by atoms with Crippen molar-refractivity contribution in [1.29, 1.82) is 0 Å². The van der Waals surface area contributed by atoms with Crippen molar-refractivity contribution in [1.82, 2.24) is 19.7 Å². The van der Waals surface area contributed by atoms with Gasteiger partial charge < -0.3 is 14.6 Å². The number of rotatable bonds is 7. The standard InChI is InChI=1S/C18H21N5O2S2/c1-5-23-16(13-6-8-14(25-4)9-7-13)21-22-18(23)26-10-15(24)20-17-19-11(2)12(3)27-17/h6-9H,5,10H2,1-4H3,(H,19,20,24). The van der Waals surface area contributed by atoms with Crippen molar-refractivity contribution in [3.63, 3.8) is 0 Å². The van der Waals surface area contributed by atoms with Crippen LogP contribution in [0.3, 0.4) is 0 Å². The Morgan fingerprint density at radius 2 is 2.00 bits per heavy atom. The summed E-state index contributed by atoms with van der Waals surface area (Å²) in [6, 6.07) is 7.68. The van der Waals surface area contributed by atoms with Crippen LogP contribution in [0.5, 0.6) is 5.75 Å². The fraction of sp³-hybridized carbons (Fsp3) is 0.333. The lowest BCUT2D eigenvalue weighted by Crippen LogP contribution is -2.14.